The Morgan fingerprint density at radius 1 is 0.950 bits per heavy atom. The zero-order valence-corrected chi connectivity index (χ0v) is 11.0. The summed E-state index contributed by atoms with van der Waals surface area (Å²) in [6, 6.07) is 9.23. The molecule has 0 aliphatic rings. The van der Waals surface area contributed by atoms with E-state index in [-0.39, 0.29) is 5.56 Å². The Morgan fingerprint density at radius 2 is 1.60 bits per heavy atom. The van der Waals surface area contributed by atoms with E-state index >= 15 is 0 Å². The fourth-order valence-corrected chi connectivity index (χ4v) is 1.73. The number of hydrogen-bond donors (Lipinski definition) is 3. The Hall–Kier alpha value is -2.46. The number of phenolic OH excluding ortho intramolecular Hbond substituents is 3. The number of ketones is 1. The summed E-state index contributed by atoms with van der Waals surface area (Å²) in [4.78, 5) is 11.9. The van der Waals surface area contributed by atoms with Crippen molar-refractivity contribution in [3.05, 3.63) is 58.6 Å². The Bertz CT molecular complexity index is 675. The summed E-state index contributed by atoms with van der Waals surface area (Å²) < 4.78 is 0. The maximum atomic E-state index is 11.9. The van der Waals surface area contributed by atoms with Crippen LogP contribution in [0.4, 0.5) is 0 Å². The van der Waals surface area contributed by atoms with Crippen LogP contribution >= 0.6 is 11.6 Å². The van der Waals surface area contributed by atoms with E-state index in [9.17, 15) is 20.1 Å². The number of carbonyl (C=O) groups is 1. The monoisotopic (exact) mass is 290 g/mol. The highest BCUT2D eigenvalue weighted by Crippen LogP contribution is 2.37. The number of aromatic hydroxyl groups is 3. The van der Waals surface area contributed by atoms with E-state index in [2.05, 4.69) is 0 Å². The fraction of sp³-hybridized carbons (Fsp3) is 0. The molecule has 0 fully saturated rings. The highest BCUT2D eigenvalue weighted by Gasteiger charge is 2.15. The minimum atomic E-state index is -0.712. The number of carbonyl (C=O) groups excluding carboxylic acids is 1. The molecule has 0 heterocycles. The van der Waals surface area contributed by atoms with Crippen molar-refractivity contribution in [3.63, 3.8) is 0 Å². The molecule has 3 N–H and O–H groups in total. The Balaban J connectivity index is 2.24. The van der Waals surface area contributed by atoms with Crippen molar-refractivity contribution in [2.75, 3.05) is 0 Å². The Labute approximate surface area is 120 Å². The number of phenols is 3. The van der Waals surface area contributed by atoms with Gasteiger partial charge < -0.3 is 15.3 Å². The van der Waals surface area contributed by atoms with Crippen LogP contribution in [0, 0.1) is 0 Å². The third-order valence-electron chi connectivity index (χ3n) is 2.69. The van der Waals surface area contributed by atoms with Gasteiger partial charge in [0.05, 0.1) is 5.56 Å². The molecule has 0 unspecified atom stereocenters. The van der Waals surface area contributed by atoms with Gasteiger partial charge in [0, 0.05) is 5.02 Å². The molecule has 2 aromatic rings. The second-order valence-electron chi connectivity index (χ2n) is 4.08. The van der Waals surface area contributed by atoms with Gasteiger partial charge in [0.15, 0.2) is 17.3 Å². The molecule has 0 saturated heterocycles. The lowest BCUT2D eigenvalue weighted by molar-refractivity contribution is 0.104. The van der Waals surface area contributed by atoms with Gasteiger partial charge in [0.2, 0.25) is 5.75 Å². The molecule has 0 amide bonds. The van der Waals surface area contributed by atoms with Crippen LogP contribution < -0.4 is 0 Å². The topological polar surface area (TPSA) is 77.8 Å². The van der Waals surface area contributed by atoms with E-state index in [0.29, 0.717) is 5.02 Å². The number of allylic oxidation sites excluding steroid dienone is 1. The highest BCUT2D eigenvalue weighted by molar-refractivity contribution is 6.30. The number of hydrogen-bond acceptors (Lipinski definition) is 4. The maximum Gasteiger partial charge on any atom is 0.201 e. The average molecular weight is 291 g/mol. The molecule has 2 aromatic carbocycles. The third-order valence-corrected chi connectivity index (χ3v) is 2.94. The van der Waals surface area contributed by atoms with E-state index in [1.807, 2.05) is 0 Å². The summed E-state index contributed by atoms with van der Waals surface area (Å²) in [5.74, 6) is -2.33. The molecule has 0 aliphatic carbocycles. The smallest absolute Gasteiger partial charge is 0.201 e. The first-order valence-corrected chi connectivity index (χ1v) is 6.08. The number of halogens is 1. The fourth-order valence-electron chi connectivity index (χ4n) is 1.60. The first kappa shape index (κ1) is 14.0. The minimum Gasteiger partial charge on any atom is -0.504 e. The van der Waals surface area contributed by atoms with Crippen molar-refractivity contribution < 1.29 is 20.1 Å². The minimum absolute atomic E-state index is 0.0921. The van der Waals surface area contributed by atoms with E-state index in [0.717, 1.165) is 11.6 Å². The van der Waals surface area contributed by atoms with Crippen molar-refractivity contribution >= 4 is 23.5 Å². The van der Waals surface area contributed by atoms with Crippen LogP contribution in [-0.2, 0) is 0 Å². The summed E-state index contributed by atoms with van der Waals surface area (Å²) in [5, 5.41) is 28.7. The second kappa shape index (κ2) is 5.67. The largest absolute Gasteiger partial charge is 0.504 e. The van der Waals surface area contributed by atoms with Crippen molar-refractivity contribution in [1.29, 1.82) is 0 Å². The van der Waals surface area contributed by atoms with E-state index in [1.54, 1.807) is 30.3 Å². The van der Waals surface area contributed by atoms with Gasteiger partial charge in [-0.2, -0.15) is 0 Å². The molecular formula is C15H11ClO4. The number of benzene rings is 2. The van der Waals surface area contributed by atoms with Crippen LogP contribution in [-0.4, -0.2) is 21.1 Å². The normalized spacial score (nSPS) is 10.8. The summed E-state index contributed by atoms with van der Waals surface area (Å²) in [6.45, 7) is 0. The van der Waals surface area contributed by atoms with Crippen molar-refractivity contribution in [3.8, 4) is 17.2 Å². The zero-order valence-electron chi connectivity index (χ0n) is 10.2. The van der Waals surface area contributed by atoms with E-state index in [4.69, 9.17) is 11.6 Å². The van der Waals surface area contributed by atoms with Gasteiger partial charge >= 0.3 is 0 Å². The SMILES string of the molecule is O=C(/C=C/c1ccc(Cl)cc1)c1ccc(O)c(O)c1O. The molecule has 0 aliphatic heterocycles. The van der Waals surface area contributed by atoms with Gasteiger partial charge in [-0.3, -0.25) is 4.79 Å². The van der Waals surface area contributed by atoms with Crippen LogP contribution in [0.2, 0.25) is 5.02 Å². The molecule has 0 aromatic heterocycles. The molecule has 0 bridgehead atoms. The van der Waals surface area contributed by atoms with Crippen LogP contribution in [0.1, 0.15) is 15.9 Å². The zero-order chi connectivity index (χ0) is 14.7. The third kappa shape index (κ3) is 2.92. The van der Waals surface area contributed by atoms with E-state index < -0.39 is 23.0 Å². The second-order valence-corrected chi connectivity index (χ2v) is 4.52. The van der Waals surface area contributed by atoms with Crippen LogP contribution in [0.15, 0.2) is 42.5 Å². The summed E-state index contributed by atoms with van der Waals surface area (Å²) in [6.07, 6.45) is 2.82. The molecule has 4 nitrogen and oxygen atoms in total. The van der Waals surface area contributed by atoms with Gasteiger partial charge in [0.25, 0.3) is 0 Å². The van der Waals surface area contributed by atoms with Gasteiger partial charge in [-0.05, 0) is 35.9 Å². The van der Waals surface area contributed by atoms with Crippen molar-refractivity contribution in [2.24, 2.45) is 0 Å². The predicted molar refractivity (Wildman–Crippen MR) is 76.3 cm³/mol. The first-order chi connectivity index (χ1) is 9.49. The molecular weight excluding hydrogens is 280 g/mol. The van der Waals surface area contributed by atoms with E-state index in [1.165, 1.54) is 12.1 Å². The molecule has 0 spiro atoms. The quantitative estimate of drug-likeness (QED) is 0.460. The van der Waals surface area contributed by atoms with Gasteiger partial charge in [-0.1, -0.05) is 29.8 Å². The average Bonchev–Trinajstić information content (AvgIpc) is 2.44. The Morgan fingerprint density at radius 3 is 2.25 bits per heavy atom. The molecule has 0 saturated carbocycles. The molecule has 5 heteroatoms. The molecule has 0 atom stereocenters. The lowest BCUT2D eigenvalue weighted by Gasteiger charge is -2.04. The molecule has 20 heavy (non-hydrogen) atoms. The molecule has 2 rings (SSSR count). The summed E-state index contributed by atoms with van der Waals surface area (Å²) >= 11 is 5.75. The number of rotatable bonds is 3. The summed E-state index contributed by atoms with van der Waals surface area (Å²) in [7, 11) is 0. The summed E-state index contributed by atoms with van der Waals surface area (Å²) in [5.41, 5.74) is 0.677. The maximum absolute atomic E-state index is 11.9. The standard InChI is InChI=1S/C15H11ClO4/c16-10-4-1-9(2-5-10)3-7-12(17)11-6-8-13(18)15(20)14(11)19/h1-8,18-20H/b7-3+. The van der Waals surface area contributed by atoms with Crippen molar-refractivity contribution in [1.82, 2.24) is 0 Å². The molecule has 102 valence electrons. The van der Waals surface area contributed by atoms with Crippen LogP contribution in [0.3, 0.4) is 0 Å². The predicted octanol–water partition coefficient (Wildman–Crippen LogP) is 3.35. The Kier molecular flexibility index (Phi) is 3.96. The van der Waals surface area contributed by atoms with Crippen molar-refractivity contribution in [2.45, 2.75) is 0 Å². The first-order valence-electron chi connectivity index (χ1n) is 5.71. The lowest BCUT2D eigenvalue weighted by Crippen LogP contribution is -1.95. The van der Waals surface area contributed by atoms with Crippen LogP contribution in [0.25, 0.3) is 6.08 Å². The van der Waals surface area contributed by atoms with Crippen LogP contribution in [0.5, 0.6) is 17.2 Å². The highest BCUT2D eigenvalue weighted by atomic mass is 35.5. The van der Waals surface area contributed by atoms with Gasteiger partial charge in [-0.25, -0.2) is 0 Å². The lowest BCUT2D eigenvalue weighted by atomic mass is 10.1. The molecule has 0 radical (unpaired) electrons. The van der Waals surface area contributed by atoms with Gasteiger partial charge in [0.1, 0.15) is 0 Å². The van der Waals surface area contributed by atoms with Gasteiger partial charge in [-0.15, -0.1) is 0 Å².